The van der Waals surface area contributed by atoms with E-state index in [0.29, 0.717) is 18.3 Å². The third-order valence-corrected chi connectivity index (χ3v) is 3.38. The summed E-state index contributed by atoms with van der Waals surface area (Å²) in [4.78, 5) is 10.7. The molecule has 0 aromatic heterocycles. The zero-order chi connectivity index (χ0) is 13.0. The van der Waals surface area contributed by atoms with Gasteiger partial charge in [0.1, 0.15) is 11.6 Å². The number of carboxylic acids is 1. The van der Waals surface area contributed by atoms with E-state index in [1.807, 2.05) is 0 Å². The maximum absolute atomic E-state index is 13.4. The summed E-state index contributed by atoms with van der Waals surface area (Å²) in [6.45, 7) is 0.589. The number of halogens is 1. The Balaban J connectivity index is 1.93. The minimum Gasteiger partial charge on any atom is -0.493 e. The Morgan fingerprint density at radius 1 is 1.33 bits per heavy atom. The number of hydrogen-bond acceptors (Lipinski definition) is 2. The number of carbonyl (C=O) groups is 1. The maximum atomic E-state index is 13.4. The summed E-state index contributed by atoms with van der Waals surface area (Å²) in [6, 6.07) is 3.90. The normalized spacial score (nSPS) is 16.5. The van der Waals surface area contributed by atoms with Gasteiger partial charge in [-0.05, 0) is 30.9 Å². The van der Waals surface area contributed by atoms with Crippen LogP contribution >= 0.6 is 0 Å². The summed E-state index contributed by atoms with van der Waals surface area (Å²) in [5, 5.41) is 8.71. The van der Waals surface area contributed by atoms with Gasteiger partial charge in [-0.2, -0.15) is 0 Å². The Morgan fingerprint density at radius 2 is 2.06 bits per heavy atom. The fraction of sp³-hybridized carbons (Fsp3) is 0.500. The fourth-order valence-corrected chi connectivity index (χ4v) is 2.33. The smallest absolute Gasteiger partial charge is 0.338 e. The van der Waals surface area contributed by atoms with Gasteiger partial charge in [-0.3, -0.25) is 0 Å². The first kappa shape index (κ1) is 12.9. The van der Waals surface area contributed by atoms with Gasteiger partial charge in [-0.25, -0.2) is 9.18 Å². The molecule has 0 aliphatic heterocycles. The van der Waals surface area contributed by atoms with E-state index in [9.17, 15) is 9.18 Å². The van der Waals surface area contributed by atoms with Crippen LogP contribution in [-0.2, 0) is 0 Å². The van der Waals surface area contributed by atoms with E-state index in [2.05, 4.69) is 0 Å². The van der Waals surface area contributed by atoms with E-state index in [1.165, 1.54) is 31.4 Å². The van der Waals surface area contributed by atoms with Crippen LogP contribution in [0.4, 0.5) is 4.39 Å². The zero-order valence-corrected chi connectivity index (χ0v) is 10.2. The van der Waals surface area contributed by atoms with Crippen molar-refractivity contribution < 1.29 is 19.0 Å². The Hall–Kier alpha value is -1.58. The summed E-state index contributed by atoms with van der Waals surface area (Å²) in [5.74, 6) is -1.06. The van der Waals surface area contributed by atoms with Crippen LogP contribution < -0.4 is 4.74 Å². The van der Waals surface area contributed by atoms with Gasteiger partial charge in [-0.15, -0.1) is 0 Å². The molecule has 1 saturated carbocycles. The van der Waals surface area contributed by atoms with Gasteiger partial charge in [0, 0.05) is 6.07 Å². The molecule has 0 radical (unpaired) electrons. The molecule has 1 fully saturated rings. The highest BCUT2D eigenvalue weighted by atomic mass is 19.1. The number of benzene rings is 1. The molecule has 2 rings (SSSR count). The minimum atomic E-state index is -1.26. The van der Waals surface area contributed by atoms with Crippen LogP contribution in [0, 0.1) is 11.7 Å². The van der Waals surface area contributed by atoms with Crippen LogP contribution in [0.2, 0.25) is 0 Å². The van der Waals surface area contributed by atoms with E-state index in [1.54, 1.807) is 0 Å². The second-order valence-corrected chi connectivity index (χ2v) is 4.76. The lowest BCUT2D eigenvalue weighted by Crippen LogP contribution is -2.15. The molecule has 0 atom stereocenters. The quantitative estimate of drug-likeness (QED) is 0.892. The molecule has 0 unspecified atom stereocenters. The summed E-state index contributed by atoms with van der Waals surface area (Å²) >= 11 is 0. The van der Waals surface area contributed by atoms with Gasteiger partial charge >= 0.3 is 5.97 Å². The predicted octanol–water partition coefficient (Wildman–Crippen LogP) is 3.48. The van der Waals surface area contributed by atoms with Crippen LogP contribution in [0.3, 0.4) is 0 Å². The Labute approximate surface area is 106 Å². The van der Waals surface area contributed by atoms with E-state index in [0.717, 1.165) is 18.9 Å². The lowest BCUT2D eigenvalue weighted by molar-refractivity contribution is 0.0692. The molecule has 0 saturated heterocycles. The highest BCUT2D eigenvalue weighted by Crippen LogP contribution is 2.25. The Morgan fingerprint density at radius 3 is 2.67 bits per heavy atom. The average molecular weight is 252 g/mol. The summed E-state index contributed by atoms with van der Waals surface area (Å²) < 4.78 is 18.9. The third-order valence-electron chi connectivity index (χ3n) is 3.38. The number of aromatic carboxylic acids is 1. The first-order chi connectivity index (χ1) is 8.66. The van der Waals surface area contributed by atoms with Crippen LogP contribution in [-0.4, -0.2) is 17.7 Å². The molecule has 1 aliphatic carbocycles. The molecule has 18 heavy (non-hydrogen) atoms. The average Bonchev–Trinajstić information content (AvgIpc) is 2.37. The van der Waals surface area contributed by atoms with Crippen LogP contribution in [0.15, 0.2) is 18.2 Å². The van der Waals surface area contributed by atoms with Crippen molar-refractivity contribution in [2.75, 3.05) is 6.61 Å². The van der Waals surface area contributed by atoms with Crippen molar-refractivity contribution in [3.63, 3.8) is 0 Å². The van der Waals surface area contributed by atoms with Crippen LogP contribution in [0.1, 0.15) is 42.5 Å². The maximum Gasteiger partial charge on any atom is 0.338 e. The van der Waals surface area contributed by atoms with E-state index in [4.69, 9.17) is 9.84 Å². The van der Waals surface area contributed by atoms with Crippen molar-refractivity contribution in [3.8, 4) is 5.75 Å². The van der Waals surface area contributed by atoms with Crippen molar-refractivity contribution in [2.45, 2.75) is 32.1 Å². The number of hydrogen-bond donors (Lipinski definition) is 1. The largest absolute Gasteiger partial charge is 0.493 e. The molecule has 0 spiro atoms. The Bertz CT molecular complexity index is 425. The number of rotatable bonds is 4. The second-order valence-electron chi connectivity index (χ2n) is 4.76. The van der Waals surface area contributed by atoms with Gasteiger partial charge in [-0.1, -0.05) is 19.3 Å². The van der Waals surface area contributed by atoms with Gasteiger partial charge in [0.2, 0.25) is 0 Å². The molecule has 4 heteroatoms. The van der Waals surface area contributed by atoms with Crippen molar-refractivity contribution in [1.29, 1.82) is 0 Å². The zero-order valence-electron chi connectivity index (χ0n) is 10.2. The van der Waals surface area contributed by atoms with Crippen LogP contribution in [0.25, 0.3) is 0 Å². The van der Waals surface area contributed by atoms with Gasteiger partial charge in [0.05, 0.1) is 12.2 Å². The molecular weight excluding hydrogens is 235 g/mol. The molecule has 1 N–H and O–H groups in total. The summed E-state index contributed by atoms with van der Waals surface area (Å²) in [5.41, 5.74) is -0.319. The van der Waals surface area contributed by atoms with Gasteiger partial charge in [0.25, 0.3) is 0 Å². The Kier molecular flexibility index (Phi) is 4.18. The van der Waals surface area contributed by atoms with Crippen molar-refractivity contribution in [1.82, 2.24) is 0 Å². The molecule has 3 nitrogen and oxygen atoms in total. The lowest BCUT2D eigenvalue weighted by atomic mass is 9.90. The molecule has 1 aliphatic rings. The minimum absolute atomic E-state index is 0.319. The van der Waals surface area contributed by atoms with E-state index >= 15 is 0 Å². The highest BCUT2D eigenvalue weighted by molar-refractivity contribution is 5.88. The van der Waals surface area contributed by atoms with Crippen molar-refractivity contribution in [2.24, 2.45) is 5.92 Å². The predicted molar refractivity (Wildman–Crippen MR) is 65.4 cm³/mol. The first-order valence-corrected chi connectivity index (χ1v) is 6.32. The van der Waals surface area contributed by atoms with E-state index in [-0.39, 0.29) is 5.56 Å². The SMILES string of the molecule is O=C(O)c1ccc(OCC2CCCCC2)cc1F. The highest BCUT2D eigenvalue weighted by Gasteiger charge is 2.15. The molecule has 1 aromatic rings. The molecule has 0 heterocycles. The third kappa shape index (κ3) is 3.22. The topological polar surface area (TPSA) is 46.5 Å². The van der Waals surface area contributed by atoms with Crippen molar-refractivity contribution >= 4 is 5.97 Å². The van der Waals surface area contributed by atoms with Crippen molar-refractivity contribution in [3.05, 3.63) is 29.6 Å². The van der Waals surface area contributed by atoms with Crippen LogP contribution in [0.5, 0.6) is 5.75 Å². The summed E-state index contributed by atoms with van der Waals surface area (Å²) in [6.07, 6.45) is 6.09. The summed E-state index contributed by atoms with van der Waals surface area (Å²) in [7, 11) is 0. The van der Waals surface area contributed by atoms with Gasteiger partial charge in [0.15, 0.2) is 0 Å². The monoisotopic (exact) mass is 252 g/mol. The van der Waals surface area contributed by atoms with Gasteiger partial charge < -0.3 is 9.84 Å². The molecule has 1 aromatic carbocycles. The molecular formula is C14H17FO3. The fourth-order valence-electron chi connectivity index (χ4n) is 2.33. The molecule has 98 valence electrons. The first-order valence-electron chi connectivity index (χ1n) is 6.32. The van der Waals surface area contributed by atoms with E-state index < -0.39 is 11.8 Å². The standard InChI is InChI=1S/C14H17FO3/c15-13-8-11(6-7-12(13)14(16)17)18-9-10-4-2-1-3-5-10/h6-8,10H,1-5,9H2,(H,16,17). The number of ether oxygens (including phenoxy) is 1. The molecule has 0 bridgehead atoms. The lowest BCUT2D eigenvalue weighted by Gasteiger charge is -2.21. The number of carboxylic acid groups (broad SMARTS) is 1. The second kappa shape index (κ2) is 5.85. The molecule has 0 amide bonds.